The number of hydrogen-bond acceptors (Lipinski definition) is 2. The van der Waals surface area contributed by atoms with Crippen molar-refractivity contribution in [1.29, 1.82) is 0 Å². The molecule has 1 atom stereocenters. The van der Waals surface area contributed by atoms with Gasteiger partial charge in [0.1, 0.15) is 0 Å². The molecule has 1 aromatic heterocycles. The first-order chi connectivity index (χ1) is 7.04. The fraction of sp³-hybridized carbons (Fsp3) is 0.727. The fourth-order valence-electron chi connectivity index (χ4n) is 1.33. The maximum absolute atomic E-state index is 4.34. The van der Waals surface area contributed by atoms with E-state index in [1.54, 1.807) is 0 Å². The number of alkyl halides is 1. The number of halogens is 1. The van der Waals surface area contributed by atoms with Crippen LogP contribution in [0.3, 0.4) is 0 Å². The van der Waals surface area contributed by atoms with Gasteiger partial charge in [-0.1, -0.05) is 29.8 Å². The van der Waals surface area contributed by atoms with Gasteiger partial charge in [-0.05, 0) is 24.8 Å². The molecule has 0 saturated carbocycles. The van der Waals surface area contributed by atoms with Gasteiger partial charge in [-0.15, -0.1) is 11.8 Å². The summed E-state index contributed by atoms with van der Waals surface area (Å²) in [6.07, 6.45) is 0. The van der Waals surface area contributed by atoms with E-state index in [1.165, 1.54) is 5.03 Å². The summed E-state index contributed by atoms with van der Waals surface area (Å²) >= 11 is 5.48. The van der Waals surface area contributed by atoms with Crippen LogP contribution in [-0.2, 0) is 7.05 Å². The topological polar surface area (TPSA) is 17.8 Å². The minimum atomic E-state index is 0.727. The summed E-state index contributed by atoms with van der Waals surface area (Å²) in [6.45, 7) is 6.59. The molecule has 0 aliphatic heterocycles. The normalized spacial score (nSPS) is 13.5. The quantitative estimate of drug-likeness (QED) is 0.610. The van der Waals surface area contributed by atoms with E-state index in [4.69, 9.17) is 0 Å². The van der Waals surface area contributed by atoms with Gasteiger partial charge in [-0.25, -0.2) is 0 Å². The summed E-state index contributed by atoms with van der Waals surface area (Å²) in [6, 6.07) is 2.15. The molecule has 0 radical (unpaired) electrons. The van der Waals surface area contributed by atoms with Crippen LogP contribution in [0, 0.1) is 18.8 Å². The highest BCUT2D eigenvalue weighted by atomic mass is 79.9. The van der Waals surface area contributed by atoms with Crippen LogP contribution < -0.4 is 0 Å². The third-order valence-electron chi connectivity index (χ3n) is 2.55. The zero-order valence-electron chi connectivity index (χ0n) is 9.83. The molecule has 4 heteroatoms. The van der Waals surface area contributed by atoms with Gasteiger partial charge in [0.05, 0.1) is 10.7 Å². The third kappa shape index (κ3) is 3.83. The van der Waals surface area contributed by atoms with E-state index in [1.807, 2.05) is 30.4 Å². The third-order valence-corrected chi connectivity index (χ3v) is 4.65. The average Bonchev–Trinajstić information content (AvgIpc) is 2.45. The molecule has 0 spiro atoms. The number of thioether (sulfide) groups is 1. The Morgan fingerprint density at radius 1 is 1.53 bits per heavy atom. The smallest absolute Gasteiger partial charge is 0.0939 e. The van der Waals surface area contributed by atoms with E-state index in [2.05, 4.69) is 40.9 Å². The Morgan fingerprint density at radius 3 is 2.60 bits per heavy atom. The number of rotatable bonds is 5. The van der Waals surface area contributed by atoms with Gasteiger partial charge < -0.3 is 0 Å². The van der Waals surface area contributed by atoms with E-state index >= 15 is 0 Å². The highest BCUT2D eigenvalue weighted by Gasteiger charge is 2.13. The van der Waals surface area contributed by atoms with Crippen LogP contribution in [-0.4, -0.2) is 20.9 Å². The van der Waals surface area contributed by atoms with Crippen LogP contribution >= 0.6 is 27.7 Å². The summed E-state index contributed by atoms with van der Waals surface area (Å²) in [5, 5.41) is 6.68. The highest BCUT2D eigenvalue weighted by Crippen LogP contribution is 2.25. The Hall–Kier alpha value is 0.0400. The standard InChI is InChI=1S/C11H19BrN2S/c1-8(2)10(6-12)7-15-11-5-9(3)13-14(11)4/h5,8,10H,6-7H2,1-4H3. The SMILES string of the molecule is Cc1cc(SCC(CBr)C(C)C)n(C)n1. The van der Waals surface area contributed by atoms with Crippen LogP contribution in [0.1, 0.15) is 19.5 Å². The average molecular weight is 291 g/mol. The highest BCUT2D eigenvalue weighted by molar-refractivity contribution is 9.09. The fourth-order valence-corrected chi connectivity index (χ4v) is 3.98. The molecule has 0 aliphatic rings. The Balaban J connectivity index is 2.52. The monoisotopic (exact) mass is 290 g/mol. The molecule has 0 N–H and O–H groups in total. The Kier molecular flexibility index (Phi) is 5.19. The van der Waals surface area contributed by atoms with Crippen molar-refractivity contribution in [3.8, 4) is 0 Å². The molecule has 2 nitrogen and oxygen atoms in total. The molecule has 0 aromatic carbocycles. The summed E-state index contributed by atoms with van der Waals surface area (Å²) < 4.78 is 1.96. The molecular weight excluding hydrogens is 272 g/mol. The Labute approximate surface area is 105 Å². The van der Waals surface area contributed by atoms with Gasteiger partial charge in [0, 0.05) is 18.1 Å². The first kappa shape index (κ1) is 13.1. The van der Waals surface area contributed by atoms with Crippen molar-refractivity contribution in [3.63, 3.8) is 0 Å². The van der Waals surface area contributed by atoms with E-state index in [9.17, 15) is 0 Å². The molecule has 1 rings (SSSR count). The molecule has 0 bridgehead atoms. The van der Waals surface area contributed by atoms with E-state index in [0.29, 0.717) is 0 Å². The number of nitrogens with zero attached hydrogens (tertiary/aromatic N) is 2. The second kappa shape index (κ2) is 5.94. The van der Waals surface area contributed by atoms with Gasteiger partial charge in [0.2, 0.25) is 0 Å². The predicted molar refractivity (Wildman–Crippen MR) is 70.8 cm³/mol. The van der Waals surface area contributed by atoms with Crippen molar-refractivity contribution in [2.45, 2.75) is 25.8 Å². The predicted octanol–water partition coefficient (Wildman–Crippen LogP) is 3.49. The van der Waals surface area contributed by atoms with Crippen molar-refractivity contribution >= 4 is 27.7 Å². The van der Waals surface area contributed by atoms with Crippen LogP contribution in [0.15, 0.2) is 11.1 Å². The molecule has 0 aliphatic carbocycles. The minimum Gasteiger partial charge on any atom is -0.262 e. The van der Waals surface area contributed by atoms with Crippen molar-refractivity contribution in [2.75, 3.05) is 11.1 Å². The molecular formula is C11H19BrN2S. The van der Waals surface area contributed by atoms with Crippen LogP contribution in [0.2, 0.25) is 0 Å². The van der Waals surface area contributed by atoms with Gasteiger partial charge in [0.15, 0.2) is 0 Å². The Bertz CT molecular complexity index is 310. The van der Waals surface area contributed by atoms with E-state index in [-0.39, 0.29) is 0 Å². The lowest BCUT2D eigenvalue weighted by Gasteiger charge is -2.17. The number of hydrogen-bond donors (Lipinski definition) is 0. The number of aromatic nitrogens is 2. The minimum absolute atomic E-state index is 0.727. The van der Waals surface area contributed by atoms with Gasteiger partial charge >= 0.3 is 0 Å². The van der Waals surface area contributed by atoms with Crippen LogP contribution in [0.5, 0.6) is 0 Å². The van der Waals surface area contributed by atoms with E-state index < -0.39 is 0 Å². The summed E-state index contributed by atoms with van der Waals surface area (Å²) in [5.74, 6) is 2.61. The molecule has 86 valence electrons. The summed E-state index contributed by atoms with van der Waals surface area (Å²) in [4.78, 5) is 0. The van der Waals surface area contributed by atoms with E-state index in [0.717, 1.165) is 28.6 Å². The molecule has 1 heterocycles. The van der Waals surface area contributed by atoms with Crippen molar-refractivity contribution < 1.29 is 0 Å². The second-order valence-electron chi connectivity index (χ2n) is 4.22. The zero-order chi connectivity index (χ0) is 11.4. The maximum Gasteiger partial charge on any atom is 0.0939 e. The van der Waals surface area contributed by atoms with Gasteiger partial charge in [-0.3, -0.25) is 4.68 Å². The Morgan fingerprint density at radius 2 is 2.20 bits per heavy atom. The first-order valence-electron chi connectivity index (χ1n) is 5.24. The largest absolute Gasteiger partial charge is 0.262 e. The maximum atomic E-state index is 4.34. The molecule has 0 saturated heterocycles. The lowest BCUT2D eigenvalue weighted by Crippen LogP contribution is -2.13. The molecule has 1 unspecified atom stereocenters. The van der Waals surface area contributed by atoms with Crippen molar-refractivity contribution in [2.24, 2.45) is 18.9 Å². The van der Waals surface area contributed by atoms with Crippen LogP contribution in [0.4, 0.5) is 0 Å². The summed E-state index contributed by atoms with van der Waals surface area (Å²) in [7, 11) is 2.01. The van der Waals surface area contributed by atoms with Gasteiger partial charge in [0.25, 0.3) is 0 Å². The lowest BCUT2D eigenvalue weighted by atomic mass is 10.0. The van der Waals surface area contributed by atoms with Crippen molar-refractivity contribution in [1.82, 2.24) is 9.78 Å². The summed E-state index contributed by atoms with van der Waals surface area (Å²) in [5.41, 5.74) is 1.10. The van der Waals surface area contributed by atoms with Crippen molar-refractivity contribution in [3.05, 3.63) is 11.8 Å². The van der Waals surface area contributed by atoms with Crippen LogP contribution in [0.25, 0.3) is 0 Å². The zero-order valence-corrected chi connectivity index (χ0v) is 12.2. The molecule has 0 amide bonds. The molecule has 1 aromatic rings. The number of aryl methyl sites for hydroxylation is 2. The van der Waals surface area contributed by atoms with Gasteiger partial charge in [-0.2, -0.15) is 5.10 Å². The lowest BCUT2D eigenvalue weighted by molar-refractivity contribution is 0.474. The molecule has 15 heavy (non-hydrogen) atoms. The molecule has 0 fully saturated rings. The first-order valence-corrected chi connectivity index (χ1v) is 7.34. The second-order valence-corrected chi connectivity index (χ2v) is 5.90.